The SMILES string of the molecule is COCCNC(=O)c1cncc(Nc2ccccc2Oc2ccccc2)c1. The lowest BCUT2D eigenvalue weighted by molar-refractivity contribution is 0.0937. The quantitative estimate of drug-likeness (QED) is 0.592. The first kappa shape index (κ1) is 18.4. The van der Waals surface area contributed by atoms with Gasteiger partial charge in [-0.1, -0.05) is 30.3 Å². The summed E-state index contributed by atoms with van der Waals surface area (Å²) in [5, 5.41) is 6.04. The summed E-state index contributed by atoms with van der Waals surface area (Å²) in [7, 11) is 1.59. The fourth-order valence-corrected chi connectivity index (χ4v) is 2.43. The Morgan fingerprint density at radius 1 is 1.04 bits per heavy atom. The molecule has 0 radical (unpaired) electrons. The Morgan fingerprint density at radius 3 is 2.63 bits per heavy atom. The van der Waals surface area contributed by atoms with Gasteiger partial charge in [-0.05, 0) is 30.3 Å². The highest BCUT2D eigenvalue weighted by Crippen LogP contribution is 2.31. The molecule has 27 heavy (non-hydrogen) atoms. The summed E-state index contributed by atoms with van der Waals surface area (Å²) in [6, 6.07) is 18.9. The number of hydrogen-bond donors (Lipinski definition) is 2. The summed E-state index contributed by atoms with van der Waals surface area (Å²) < 4.78 is 10.9. The number of carbonyl (C=O) groups is 1. The van der Waals surface area contributed by atoms with Gasteiger partial charge in [-0.3, -0.25) is 9.78 Å². The number of pyridine rings is 1. The number of rotatable bonds is 8. The van der Waals surface area contributed by atoms with E-state index in [0.717, 1.165) is 11.4 Å². The van der Waals surface area contributed by atoms with E-state index in [1.807, 2.05) is 54.6 Å². The maximum atomic E-state index is 12.2. The molecule has 0 saturated carbocycles. The number of methoxy groups -OCH3 is 1. The fourth-order valence-electron chi connectivity index (χ4n) is 2.43. The van der Waals surface area contributed by atoms with Crippen molar-refractivity contribution in [2.75, 3.05) is 25.6 Å². The minimum Gasteiger partial charge on any atom is -0.455 e. The molecule has 0 fully saturated rings. The lowest BCUT2D eigenvalue weighted by Crippen LogP contribution is -2.27. The average Bonchev–Trinajstić information content (AvgIpc) is 2.71. The maximum Gasteiger partial charge on any atom is 0.253 e. The highest BCUT2D eigenvalue weighted by molar-refractivity contribution is 5.94. The van der Waals surface area contributed by atoms with Crippen LogP contribution in [0.15, 0.2) is 73.1 Å². The van der Waals surface area contributed by atoms with E-state index in [9.17, 15) is 4.79 Å². The van der Waals surface area contributed by atoms with Crippen molar-refractivity contribution in [2.45, 2.75) is 0 Å². The predicted octanol–water partition coefficient (Wildman–Crippen LogP) is 3.99. The summed E-state index contributed by atoms with van der Waals surface area (Å²) >= 11 is 0. The van der Waals surface area contributed by atoms with Gasteiger partial charge >= 0.3 is 0 Å². The molecular weight excluding hydrogens is 342 g/mol. The van der Waals surface area contributed by atoms with Gasteiger partial charge in [0.25, 0.3) is 5.91 Å². The summed E-state index contributed by atoms with van der Waals surface area (Å²) in [5.74, 6) is 1.23. The highest BCUT2D eigenvalue weighted by Gasteiger charge is 2.09. The van der Waals surface area contributed by atoms with E-state index in [2.05, 4.69) is 15.6 Å². The molecule has 3 aromatic rings. The van der Waals surface area contributed by atoms with E-state index in [4.69, 9.17) is 9.47 Å². The van der Waals surface area contributed by atoms with Crippen LogP contribution in [0.1, 0.15) is 10.4 Å². The standard InChI is InChI=1S/C21H21N3O3/c1-26-12-11-23-21(25)16-13-17(15-22-14-16)24-19-9-5-6-10-20(19)27-18-7-3-2-4-8-18/h2-10,13-15,24H,11-12H2,1H3,(H,23,25). The number of hydrogen-bond acceptors (Lipinski definition) is 5. The van der Waals surface area contributed by atoms with Crippen LogP contribution in [0, 0.1) is 0 Å². The van der Waals surface area contributed by atoms with Crippen LogP contribution in [0.5, 0.6) is 11.5 Å². The molecule has 6 nitrogen and oxygen atoms in total. The lowest BCUT2D eigenvalue weighted by Gasteiger charge is -2.13. The van der Waals surface area contributed by atoms with Gasteiger partial charge in [-0.2, -0.15) is 0 Å². The molecule has 0 atom stereocenters. The highest BCUT2D eigenvalue weighted by atomic mass is 16.5. The molecule has 6 heteroatoms. The number of nitrogens with one attached hydrogen (secondary N) is 2. The van der Waals surface area contributed by atoms with E-state index in [1.54, 1.807) is 19.4 Å². The van der Waals surface area contributed by atoms with Gasteiger partial charge < -0.3 is 20.1 Å². The third-order valence-corrected chi connectivity index (χ3v) is 3.73. The Labute approximate surface area is 158 Å². The molecule has 1 heterocycles. The smallest absolute Gasteiger partial charge is 0.253 e. The van der Waals surface area contributed by atoms with Crippen LogP contribution in [-0.4, -0.2) is 31.2 Å². The second-order valence-electron chi connectivity index (χ2n) is 5.75. The van der Waals surface area contributed by atoms with Gasteiger partial charge in [0.05, 0.1) is 29.7 Å². The number of amides is 1. The molecule has 0 saturated heterocycles. The molecule has 1 amide bonds. The van der Waals surface area contributed by atoms with Gasteiger partial charge in [0, 0.05) is 19.9 Å². The molecule has 2 N–H and O–H groups in total. The Morgan fingerprint density at radius 2 is 1.81 bits per heavy atom. The monoisotopic (exact) mass is 363 g/mol. The van der Waals surface area contributed by atoms with Gasteiger partial charge in [-0.25, -0.2) is 0 Å². The van der Waals surface area contributed by atoms with Crippen molar-refractivity contribution >= 4 is 17.3 Å². The number of carbonyl (C=O) groups excluding carboxylic acids is 1. The summed E-state index contributed by atoms with van der Waals surface area (Å²) in [6.07, 6.45) is 3.19. The van der Waals surface area contributed by atoms with Gasteiger partial charge in [0.2, 0.25) is 0 Å². The first-order valence-electron chi connectivity index (χ1n) is 8.57. The van der Waals surface area contributed by atoms with Crippen LogP contribution in [0.4, 0.5) is 11.4 Å². The Balaban J connectivity index is 1.74. The predicted molar refractivity (Wildman–Crippen MR) is 105 cm³/mol. The van der Waals surface area contributed by atoms with Crippen molar-refractivity contribution in [3.05, 3.63) is 78.6 Å². The Bertz CT molecular complexity index is 885. The van der Waals surface area contributed by atoms with Crippen molar-refractivity contribution in [3.8, 4) is 11.5 Å². The maximum absolute atomic E-state index is 12.2. The van der Waals surface area contributed by atoms with Crippen LogP contribution in [0.3, 0.4) is 0 Å². The fraction of sp³-hybridized carbons (Fsp3) is 0.143. The number of aromatic nitrogens is 1. The molecule has 0 aliphatic heterocycles. The average molecular weight is 363 g/mol. The van der Waals surface area contributed by atoms with E-state index < -0.39 is 0 Å². The summed E-state index contributed by atoms with van der Waals surface area (Å²) in [4.78, 5) is 16.3. The molecule has 0 spiro atoms. The molecule has 0 aliphatic carbocycles. The molecule has 0 bridgehead atoms. The van der Waals surface area contributed by atoms with E-state index in [1.165, 1.54) is 6.20 Å². The van der Waals surface area contributed by atoms with Crippen LogP contribution in [-0.2, 0) is 4.74 Å². The topological polar surface area (TPSA) is 72.5 Å². The van der Waals surface area contributed by atoms with Crippen molar-refractivity contribution < 1.29 is 14.3 Å². The minimum atomic E-state index is -0.197. The van der Waals surface area contributed by atoms with Crippen LogP contribution >= 0.6 is 0 Å². The van der Waals surface area contributed by atoms with Crippen LogP contribution in [0.2, 0.25) is 0 Å². The molecule has 2 aromatic carbocycles. The number of ether oxygens (including phenoxy) is 2. The lowest BCUT2D eigenvalue weighted by atomic mass is 10.2. The number of benzene rings is 2. The van der Waals surface area contributed by atoms with Crippen molar-refractivity contribution in [1.82, 2.24) is 10.3 Å². The summed E-state index contributed by atoms with van der Waals surface area (Å²) in [5.41, 5.74) is 1.94. The van der Waals surface area contributed by atoms with Crippen molar-refractivity contribution in [3.63, 3.8) is 0 Å². The molecule has 3 rings (SSSR count). The third-order valence-electron chi connectivity index (χ3n) is 3.73. The summed E-state index contributed by atoms with van der Waals surface area (Å²) in [6.45, 7) is 0.905. The van der Waals surface area contributed by atoms with E-state index in [0.29, 0.717) is 30.2 Å². The second-order valence-corrected chi connectivity index (χ2v) is 5.75. The number of nitrogens with zero attached hydrogens (tertiary/aromatic N) is 1. The second kappa shape index (κ2) is 9.35. The van der Waals surface area contributed by atoms with Crippen LogP contribution < -0.4 is 15.4 Å². The van der Waals surface area contributed by atoms with Crippen molar-refractivity contribution in [1.29, 1.82) is 0 Å². The van der Waals surface area contributed by atoms with Crippen LogP contribution in [0.25, 0.3) is 0 Å². The minimum absolute atomic E-state index is 0.197. The van der Waals surface area contributed by atoms with Gasteiger partial charge in [0.1, 0.15) is 5.75 Å². The van der Waals surface area contributed by atoms with E-state index in [-0.39, 0.29) is 5.91 Å². The molecular formula is C21H21N3O3. The normalized spacial score (nSPS) is 10.3. The first-order chi connectivity index (χ1) is 13.3. The Kier molecular flexibility index (Phi) is 6.38. The largest absolute Gasteiger partial charge is 0.455 e. The Hall–Kier alpha value is -3.38. The zero-order valence-electron chi connectivity index (χ0n) is 15.0. The molecule has 138 valence electrons. The third kappa shape index (κ3) is 5.29. The number of para-hydroxylation sites is 3. The van der Waals surface area contributed by atoms with Gasteiger partial charge in [-0.15, -0.1) is 0 Å². The molecule has 0 aliphatic rings. The van der Waals surface area contributed by atoms with Gasteiger partial charge in [0.15, 0.2) is 5.75 Å². The zero-order valence-corrected chi connectivity index (χ0v) is 15.0. The number of anilines is 2. The van der Waals surface area contributed by atoms with Crippen molar-refractivity contribution in [2.24, 2.45) is 0 Å². The molecule has 0 unspecified atom stereocenters. The molecule has 1 aromatic heterocycles. The van der Waals surface area contributed by atoms with E-state index >= 15 is 0 Å². The first-order valence-corrected chi connectivity index (χ1v) is 8.57. The zero-order chi connectivity index (χ0) is 18.9.